The second-order valence-electron chi connectivity index (χ2n) is 6.26. The first-order valence-corrected chi connectivity index (χ1v) is 10.3. The zero-order valence-electron chi connectivity index (χ0n) is 15.5. The molecule has 0 radical (unpaired) electrons. The second kappa shape index (κ2) is 11.8. The van der Waals surface area contributed by atoms with Gasteiger partial charge in [0.1, 0.15) is 0 Å². The molecule has 0 amide bonds. The van der Waals surface area contributed by atoms with Crippen molar-refractivity contribution in [3.63, 3.8) is 0 Å². The molecule has 25 heavy (non-hydrogen) atoms. The highest BCUT2D eigenvalue weighted by Crippen LogP contribution is 2.23. The number of pyridine rings is 1. The van der Waals surface area contributed by atoms with E-state index in [1.165, 1.54) is 0 Å². The molecular weight excluding hydrogens is 447 g/mol. The number of hydrogen-bond donors (Lipinski definition) is 2. The Balaban J connectivity index is 0.00000312. The topological polar surface area (TPSA) is 66.4 Å². The molecule has 0 saturated heterocycles. The Bertz CT molecular complexity index is 582. The molecule has 1 aromatic rings. The highest BCUT2D eigenvalue weighted by atomic mass is 127. The van der Waals surface area contributed by atoms with Gasteiger partial charge in [0.25, 0.3) is 0 Å². The molecule has 0 aromatic carbocycles. The lowest BCUT2D eigenvalue weighted by Crippen LogP contribution is -2.46. The first kappa shape index (κ1) is 22.3. The van der Waals surface area contributed by atoms with E-state index in [4.69, 9.17) is 0 Å². The second-order valence-corrected chi connectivity index (χ2v) is 8.27. The van der Waals surface area contributed by atoms with Gasteiger partial charge >= 0.3 is 0 Å². The minimum Gasteiger partial charge on any atom is -0.357 e. The van der Waals surface area contributed by atoms with E-state index in [2.05, 4.69) is 27.5 Å². The summed E-state index contributed by atoms with van der Waals surface area (Å²) in [6.45, 7) is 7.45. The maximum atomic E-state index is 12.1. The summed E-state index contributed by atoms with van der Waals surface area (Å²) in [5.41, 5.74) is 1.98. The first-order chi connectivity index (χ1) is 11.6. The molecule has 142 valence electrons. The Morgan fingerprint density at radius 1 is 1.36 bits per heavy atom. The van der Waals surface area contributed by atoms with Crippen molar-refractivity contribution in [2.45, 2.75) is 64.3 Å². The summed E-state index contributed by atoms with van der Waals surface area (Å²) in [5, 5.41) is 7.16. The molecule has 1 aromatic heterocycles. The maximum Gasteiger partial charge on any atom is 0.191 e. The molecule has 0 spiro atoms. The molecule has 1 aliphatic rings. The van der Waals surface area contributed by atoms with Crippen LogP contribution in [-0.4, -0.2) is 38.7 Å². The van der Waals surface area contributed by atoms with Crippen molar-refractivity contribution in [1.82, 2.24) is 15.6 Å². The van der Waals surface area contributed by atoms with Crippen molar-refractivity contribution in [2.75, 3.05) is 12.3 Å². The molecule has 3 atom stereocenters. The highest BCUT2D eigenvalue weighted by molar-refractivity contribution is 14.0. The smallest absolute Gasteiger partial charge is 0.191 e. The van der Waals surface area contributed by atoms with Crippen molar-refractivity contribution in [3.8, 4) is 0 Å². The fourth-order valence-electron chi connectivity index (χ4n) is 3.11. The van der Waals surface area contributed by atoms with E-state index < -0.39 is 10.8 Å². The van der Waals surface area contributed by atoms with Crippen molar-refractivity contribution in [1.29, 1.82) is 0 Å². The van der Waals surface area contributed by atoms with Crippen LogP contribution in [-0.2, 0) is 17.3 Å². The number of aryl methyl sites for hydroxylation is 1. The van der Waals surface area contributed by atoms with Gasteiger partial charge in [0.05, 0.1) is 12.2 Å². The zero-order valence-corrected chi connectivity index (χ0v) is 18.6. The Labute approximate surface area is 171 Å². The van der Waals surface area contributed by atoms with E-state index >= 15 is 0 Å². The number of rotatable bonds is 6. The Morgan fingerprint density at radius 2 is 2.16 bits per heavy atom. The largest absolute Gasteiger partial charge is 0.357 e. The third kappa shape index (κ3) is 7.60. The van der Waals surface area contributed by atoms with E-state index in [0.717, 1.165) is 55.3 Å². The number of halogens is 1. The van der Waals surface area contributed by atoms with Crippen LogP contribution in [0.4, 0.5) is 0 Å². The standard InChI is InChI=1S/C18H30N4OS.HI/c1-4-19-18(20-13-16-10-6-8-14(3)21-16)22-15-9-7-11-17(12-15)24(23)5-2;/h6,8,10,15,17H,4-5,7,9,11-13H2,1-3H3,(H2,19,20,22);1H. The van der Waals surface area contributed by atoms with E-state index in [-0.39, 0.29) is 24.0 Å². The third-order valence-electron chi connectivity index (χ3n) is 4.31. The summed E-state index contributed by atoms with van der Waals surface area (Å²) >= 11 is 0. The lowest BCUT2D eigenvalue weighted by Gasteiger charge is -2.30. The van der Waals surface area contributed by atoms with Gasteiger partial charge in [-0.05, 0) is 45.2 Å². The van der Waals surface area contributed by atoms with Gasteiger partial charge in [-0.15, -0.1) is 24.0 Å². The fraction of sp³-hybridized carbons (Fsp3) is 0.667. The molecule has 7 heteroatoms. The van der Waals surface area contributed by atoms with Gasteiger partial charge < -0.3 is 10.6 Å². The van der Waals surface area contributed by atoms with Crippen LogP contribution >= 0.6 is 24.0 Å². The van der Waals surface area contributed by atoms with E-state index in [1.54, 1.807) is 0 Å². The molecule has 1 saturated carbocycles. The van der Waals surface area contributed by atoms with E-state index in [0.29, 0.717) is 17.8 Å². The van der Waals surface area contributed by atoms with Crippen LogP contribution in [0.5, 0.6) is 0 Å². The summed E-state index contributed by atoms with van der Waals surface area (Å²) in [4.78, 5) is 9.16. The van der Waals surface area contributed by atoms with Crippen LogP contribution in [0.1, 0.15) is 50.9 Å². The minimum absolute atomic E-state index is 0. The number of nitrogens with one attached hydrogen (secondary N) is 2. The molecule has 0 bridgehead atoms. The minimum atomic E-state index is -0.699. The van der Waals surface area contributed by atoms with Gasteiger partial charge in [-0.1, -0.05) is 19.4 Å². The number of nitrogens with zero attached hydrogens (tertiary/aromatic N) is 2. The third-order valence-corrected chi connectivity index (χ3v) is 6.05. The average Bonchev–Trinajstić information content (AvgIpc) is 2.59. The number of hydrogen-bond acceptors (Lipinski definition) is 3. The summed E-state index contributed by atoms with van der Waals surface area (Å²) in [5.74, 6) is 1.58. The molecule has 2 rings (SSSR count). The van der Waals surface area contributed by atoms with Crippen molar-refractivity contribution in [3.05, 3.63) is 29.6 Å². The summed E-state index contributed by atoms with van der Waals surface area (Å²) < 4.78 is 12.1. The predicted molar refractivity (Wildman–Crippen MR) is 117 cm³/mol. The van der Waals surface area contributed by atoms with Gasteiger partial charge in [-0.25, -0.2) is 4.99 Å². The van der Waals surface area contributed by atoms with Gasteiger partial charge in [-0.2, -0.15) is 0 Å². The maximum absolute atomic E-state index is 12.1. The van der Waals surface area contributed by atoms with Crippen LogP contribution in [0.3, 0.4) is 0 Å². The van der Waals surface area contributed by atoms with Crippen LogP contribution < -0.4 is 10.6 Å². The number of aromatic nitrogens is 1. The average molecular weight is 478 g/mol. The van der Waals surface area contributed by atoms with Gasteiger partial charge in [0.15, 0.2) is 5.96 Å². The molecule has 5 nitrogen and oxygen atoms in total. The monoisotopic (exact) mass is 478 g/mol. The Kier molecular flexibility index (Phi) is 10.6. The zero-order chi connectivity index (χ0) is 17.4. The van der Waals surface area contributed by atoms with Crippen molar-refractivity contribution in [2.24, 2.45) is 4.99 Å². The van der Waals surface area contributed by atoms with Crippen LogP contribution in [0.2, 0.25) is 0 Å². The summed E-state index contributed by atoms with van der Waals surface area (Å²) in [6, 6.07) is 6.36. The van der Waals surface area contributed by atoms with Gasteiger partial charge in [0, 0.05) is 40.1 Å². The predicted octanol–water partition coefficient (Wildman–Crippen LogP) is 3.14. The van der Waals surface area contributed by atoms with Crippen molar-refractivity contribution >= 4 is 40.7 Å². The van der Waals surface area contributed by atoms with Gasteiger partial charge in [-0.3, -0.25) is 9.19 Å². The molecular formula is C18H31IN4OS. The van der Waals surface area contributed by atoms with Crippen molar-refractivity contribution < 1.29 is 4.21 Å². The molecule has 0 aliphatic heterocycles. The summed E-state index contributed by atoms with van der Waals surface area (Å²) in [7, 11) is -0.699. The summed E-state index contributed by atoms with van der Waals surface area (Å²) in [6.07, 6.45) is 4.30. The first-order valence-electron chi connectivity index (χ1n) is 8.97. The SMILES string of the molecule is CCNC(=NCc1cccc(C)n1)NC1CCCC(S(=O)CC)C1.I. The highest BCUT2D eigenvalue weighted by Gasteiger charge is 2.25. The normalized spacial score (nSPS) is 22.0. The lowest BCUT2D eigenvalue weighted by atomic mass is 9.95. The fourth-order valence-corrected chi connectivity index (χ4v) is 4.46. The van der Waals surface area contributed by atoms with Crippen LogP contribution in [0.15, 0.2) is 23.2 Å². The quantitative estimate of drug-likeness (QED) is 0.375. The number of guanidine groups is 1. The molecule has 3 unspecified atom stereocenters. The van der Waals surface area contributed by atoms with Gasteiger partial charge in [0.2, 0.25) is 0 Å². The van der Waals surface area contributed by atoms with E-state index in [1.807, 2.05) is 32.0 Å². The molecule has 1 heterocycles. The lowest BCUT2D eigenvalue weighted by molar-refractivity contribution is 0.413. The molecule has 2 N–H and O–H groups in total. The van der Waals surface area contributed by atoms with Crippen LogP contribution in [0, 0.1) is 6.92 Å². The Hall–Kier alpha value is -0.700. The molecule has 1 fully saturated rings. The molecule has 1 aliphatic carbocycles. The van der Waals surface area contributed by atoms with Crippen LogP contribution in [0.25, 0.3) is 0 Å². The number of aliphatic imine (C=N–C) groups is 1. The van der Waals surface area contributed by atoms with E-state index in [9.17, 15) is 4.21 Å². The Morgan fingerprint density at radius 3 is 2.84 bits per heavy atom.